The Morgan fingerprint density at radius 2 is 1.59 bits per heavy atom. The molecule has 2 heterocycles. The molecule has 5 heteroatoms. The fourth-order valence-electron chi connectivity index (χ4n) is 4.94. The monoisotopic (exact) mass is 429 g/mol. The number of ketones is 1. The molecule has 1 aliphatic heterocycles. The van der Waals surface area contributed by atoms with Crippen molar-refractivity contribution in [3.8, 4) is 0 Å². The highest BCUT2D eigenvalue weighted by atomic mass is 16.1. The Morgan fingerprint density at radius 1 is 1.00 bits per heavy atom. The lowest BCUT2D eigenvalue weighted by Crippen LogP contribution is -2.43. The molecule has 5 nitrogen and oxygen atoms in total. The minimum atomic E-state index is -0.270. The van der Waals surface area contributed by atoms with Crippen molar-refractivity contribution in [2.24, 2.45) is 11.7 Å². The van der Waals surface area contributed by atoms with Crippen molar-refractivity contribution in [2.75, 3.05) is 19.6 Å². The maximum atomic E-state index is 13.3. The number of aromatic nitrogens is 1. The molecule has 1 amide bonds. The Labute approximate surface area is 189 Å². The van der Waals surface area contributed by atoms with E-state index in [0.717, 1.165) is 36.3 Å². The van der Waals surface area contributed by atoms with Gasteiger partial charge in [0.2, 0.25) is 5.91 Å². The Balaban J connectivity index is 1.65. The number of carbonyl (C=O) groups is 2. The molecule has 1 saturated heterocycles. The van der Waals surface area contributed by atoms with E-state index < -0.39 is 0 Å². The van der Waals surface area contributed by atoms with Crippen molar-refractivity contribution in [2.45, 2.75) is 32.7 Å². The van der Waals surface area contributed by atoms with Crippen LogP contribution >= 0.6 is 0 Å². The predicted molar refractivity (Wildman–Crippen MR) is 127 cm³/mol. The van der Waals surface area contributed by atoms with Gasteiger partial charge in [-0.05, 0) is 50.4 Å². The van der Waals surface area contributed by atoms with Gasteiger partial charge >= 0.3 is 0 Å². The molecule has 0 spiro atoms. The van der Waals surface area contributed by atoms with Gasteiger partial charge in [-0.2, -0.15) is 0 Å². The lowest BCUT2D eigenvalue weighted by molar-refractivity contribution is -0.123. The first-order valence-corrected chi connectivity index (χ1v) is 11.3. The van der Waals surface area contributed by atoms with E-state index in [1.54, 1.807) is 0 Å². The third-order valence-corrected chi connectivity index (χ3v) is 6.55. The number of amides is 1. The Hall–Kier alpha value is -3.18. The quantitative estimate of drug-likeness (QED) is 0.575. The van der Waals surface area contributed by atoms with Crippen molar-refractivity contribution in [3.05, 3.63) is 94.8 Å². The second kappa shape index (κ2) is 9.53. The SMILES string of the molecule is Cc1cc(C(=O)CN2CCC[C@H](C(N)=O)C2)c(C)n1C(c1ccccc1)c1ccccc1. The number of hydrogen-bond acceptors (Lipinski definition) is 3. The molecule has 1 aromatic heterocycles. The molecule has 1 aliphatic rings. The topological polar surface area (TPSA) is 68.3 Å². The minimum Gasteiger partial charge on any atom is -0.369 e. The second-order valence-corrected chi connectivity index (χ2v) is 8.78. The van der Waals surface area contributed by atoms with E-state index >= 15 is 0 Å². The largest absolute Gasteiger partial charge is 0.369 e. The lowest BCUT2D eigenvalue weighted by Gasteiger charge is -2.30. The number of nitrogens with zero attached hydrogens (tertiary/aromatic N) is 2. The Morgan fingerprint density at radius 3 is 2.16 bits per heavy atom. The van der Waals surface area contributed by atoms with Crippen LogP contribution in [0, 0.1) is 19.8 Å². The van der Waals surface area contributed by atoms with Crippen molar-refractivity contribution in [1.82, 2.24) is 9.47 Å². The Bertz CT molecular complexity index is 1050. The standard InChI is InChI=1S/C27H31N3O2/c1-19-16-24(25(31)18-29-15-9-14-23(17-29)27(28)32)20(2)30(19)26(21-10-5-3-6-11-21)22-12-7-4-8-13-22/h3-8,10-13,16,23,26H,9,14-15,17-18H2,1-2H3,(H2,28,32)/t23-/m0/s1. The summed E-state index contributed by atoms with van der Waals surface area (Å²) in [4.78, 5) is 27.0. The minimum absolute atomic E-state index is 0.00632. The number of nitrogens with two attached hydrogens (primary N) is 1. The summed E-state index contributed by atoms with van der Waals surface area (Å²) in [5.74, 6) is -0.340. The van der Waals surface area contributed by atoms with Gasteiger partial charge in [0.1, 0.15) is 0 Å². The number of piperidine rings is 1. The van der Waals surface area contributed by atoms with E-state index in [2.05, 4.69) is 64.9 Å². The maximum absolute atomic E-state index is 13.3. The number of rotatable bonds is 7. The van der Waals surface area contributed by atoms with Crippen molar-refractivity contribution < 1.29 is 9.59 Å². The number of hydrogen-bond donors (Lipinski definition) is 1. The molecule has 0 radical (unpaired) electrons. The van der Waals surface area contributed by atoms with Crippen LogP contribution in [0.5, 0.6) is 0 Å². The fraction of sp³-hybridized carbons (Fsp3) is 0.333. The highest BCUT2D eigenvalue weighted by Crippen LogP contribution is 2.32. The van der Waals surface area contributed by atoms with Crippen LogP contribution in [0.15, 0.2) is 66.7 Å². The number of primary amides is 1. The summed E-state index contributed by atoms with van der Waals surface area (Å²) >= 11 is 0. The summed E-state index contributed by atoms with van der Waals surface area (Å²) in [5, 5.41) is 0. The van der Waals surface area contributed by atoms with Gasteiger partial charge in [0.15, 0.2) is 5.78 Å². The zero-order chi connectivity index (χ0) is 22.7. The number of likely N-dealkylation sites (tertiary alicyclic amines) is 1. The van der Waals surface area contributed by atoms with E-state index in [4.69, 9.17) is 5.73 Å². The van der Waals surface area contributed by atoms with Gasteiger partial charge in [-0.1, -0.05) is 60.7 Å². The first-order chi connectivity index (χ1) is 15.5. The molecule has 4 rings (SSSR count). The summed E-state index contributed by atoms with van der Waals surface area (Å²) in [7, 11) is 0. The molecule has 2 N–H and O–H groups in total. The summed E-state index contributed by atoms with van der Waals surface area (Å²) < 4.78 is 2.26. The summed E-state index contributed by atoms with van der Waals surface area (Å²) in [6, 6.07) is 22.8. The third-order valence-electron chi connectivity index (χ3n) is 6.55. The van der Waals surface area contributed by atoms with Crippen LogP contribution in [0.3, 0.4) is 0 Å². The second-order valence-electron chi connectivity index (χ2n) is 8.78. The van der Waals surface area contributed by atoms with Crippen LogP contribution < -0.4 is 5.73 Å². The first kappa shape index (κ1) is 22.0. The molecule has 1 fully saturated rings. The number of aryl methyl sites for hydroxylation is 1. The molecule has 0 saturated carbocycles. The van der Waals surface area contributed by atoms with Crippen molar-refractivity contribution in [3.63, 3.8) is 0 Å². The van der Waals surface area contributed by atoms with Crippen LogP contribution in [-0.4, -0.2) is 40.8 Å². The van der Waals surface area contributed by atoms with Gasteiger partial charge in [0, 0.05) is 23.5 Å². The molecule has 0 unspecified atom stereocenters. The average Bonchev–Trinajstić information content (AvgIpc) is 3.10. The summed E-state index contributed by atoms with van der Waals surface area (Å²) in [6.45, 7) is 5.80. The normalized spacial score (nSPS) is 16.9. The summed E-state index contributed by atoms with van der Waals surface area (Å²) in [5.41, 5.74) is 10.6. The number of Topliss-reactive ketones (excluding diaryl/α,β-unsaturated/α-hetero) is 1. The molecule has 2 aromatic carbocycles. The van der Waals surface area contributed by atoms with Crippen LogP contribution in [-0.2, 0) is 4.79 Å². The fourth-order valence-corrected chi connectivity index (χ4v) is 4.94. The first-order valence-electron chi connectivity index (χ1n) is 11.3. The van der Waals surface area contributed by atoms with Crippen molar-refractivity contribution >= 4 is 11.7 Å². The lowest BCUT2D eigenvalue weighted by atomic mass is 9.97. The molecule has 0 aliphatic carbocycles. The van der Waals surface area contributed by atoms with E-state index in [1.165, 1.54) is 11.1 Å². The van der Waals surface area contributed by atoms with E-state index in [-0.39, 0.29) is 23.7 Å². The van der Waals surface area contributed by atoms with E-state index in [0.29, 0.717) is 13.1 Å². The number of carbonyl (C=O) groups excluding carboxylic acids is 2. The molecule has 0 bridgehead atoms. The number of benzene rings is 2. The predicted octanol–water partition coefficient (Wildman–Crippen LogP) is 4.12. The van der Waals surface area contributed by atoms with Gasteiger partial charge in [-0.3, -0.25) is 14.5 Å². The zero-order valence-corrected chi connectivity index (χ0v) is 18.8. The van der Waals surface area contributed by atoms with Gasteiger partial charge in [0.05, 0.1) is 18.5 Å². The molecular formula is C27H31N3O2. The molecule has 1 atom stereocenters. The van der Waals surface area contributed by atoms with Gasteiger partial charge < -0.3 is 10.3 Å². The molecule has 32 heavy (non-hydrogen) atoms. The van der Waals surface area contributed by atoms with E-state index in [9.17, 15) is 9.59 Å². The van der Waals surface area contributed by atoms with Crippen molar-refractivity contribution in [1.29, 1.82) is 0 Å². The van der Waals surface area contributed by atoms with E-state index in [1.807, 2.05) is 25.1 Å². The van der Waals surface area contributed by atoms with Crippen LogP contribution in [0.2, 0.25) is 0 Å². The van der Waals surface area contributed by atoms with Gasteiger partial charge in [-0.15, -0.1) is 0 Å². The highest BCUT2D eigenvalue weighted by Gasteiger charge is 2.28. The van der Waals surface area contributed by atoms with Crippen LogP contribution in [0.4, 0.5) is 0 Å². The van der Waals surface area contributed by atoms with Gasteiger partial charge in [-0.25, -0.2) is 0 Å². The van der Waals surface area contributed by atoms with Crippen LogP contribution in [0.1, 0.15) is 51.8 Å². The zero-order valence-electron chi connectivity index (χ0n) is 18.8. The average molecular weight is 430 g/mol. The third kappa shape index (κ3) is 4.53. The molecular weight excluding hydrogens is 398 g/mol. The molecule has 3 aromatic rings. The highest BCUT2D eigenvalue weighted by molar-refractivity contribution is 5.99. The Kier molecular flexibility index (Phi) is 6.56. The molecule has 166 valence electrons. The summed E-state index contributed by atoms with van der Waals surface area (Å²) in [6.07, 6.45) is 1.70. The van der Waals surface area contributed by atoms with Gasteiger partial charge in [0.25, 0.3) is 0 Å². The smallest absolute Gasteiger partial charge is 0.221 e. The maximum Gasteiger partial charge on any atom is 0.221 e. The van der Waals surface area contributed by atoms with Crippen LogP contribution in [0.25, 0.3) is 0 Å².